The normalized spacial score (nSPS) is 12.6. The molecule has 1 heterocycles. The zero-order chi connectivity index (χ0) is 10.8. The molecule has 1 unspecified atom stereocenters. The fourth-order valence-corrected chi connectivity index (χ4v) is 1.50. The predicted octanol–water partition coefficient (Wildman–Crippen LogP) is 2.95. The van der Waals surface area contributed by atoms with E-state index in [4.69, 9.17) is 6.57 Å². The fraction of sp³-hybridized carbons (Fsp3) is 0.364. The molecule has 0 fully saturated rings. The van der Waals surface area contributed by atoms with Gasteiger partial charge in [0.2, 0.25) is 0 Å². The lowest BCUT2D eigenvalue weighted by molar-refractivity contribution is 0.478. The third-order valence-corrected chi connectivity index (χ3v) is 2.59. The maximum atomic E-state index is 6.92. The molecular weight excluding hydrogens is 188 g/mol. The summed E-state index contributed by atoms with van der Waals surface area (Å²) in [7, 11) is 0. The van der Waals surface area contributed by atoms with Crippen molar-refractivity contribution in [1.29, 1.82) is 0 Å². The molecule has 76 valence electrons. The highest BCUT2D eigenvalue weighted by Crippen LogP contribution is 2.22. The Morgan fingerprint density at radius 1 is 1.53 bits per heavy atom. The molecule has 2 aromatic rings. The molecule has 1 atom stereocenters. The summed E-state index contributed by atoms with van der Waals surface area (Å²) in [5, 5.41) is 8.17. The average molecular weight is 200 g/mol. The first kappa shape index (κ1) is 9.66. The first-order chi connectivity index (χ1) is 7.26. The highest BCUT2D eigenvalue weighted by Gasteiger charge is 2.09. The Labute approximate surface area is 88.3 Å². The second-order valence-corrected chi connectivity index (χ2v) is 3.58. The smallest absolute Gasteiger partial charge is 0.189 e. The van der Waals surface area contributed by atoms with Crippen LogP contribution in [0.25, 0.3) is 15.9 Å². The second-order valence-electron chi connectivity index (χ2n) is 3.58. The molecule has 0 aliphatic carbocycles. The summed E-state index contributed by atoms with van der Waals surface area (Å²) in [5.74, 6) is 0. The molecule has 0 saturated heterocycles. The zero-order valence-corrected chi connectivity index (χ0v) is 8.81. The van der Waals surface area contributed by atoms with Crippen LogP contribution in [-0.4, -0.2) is 15.0 Å². The van der Waals surface area contributed by atoms with Crippen LogP contribution in [0.5, 0.6) is 0 Å². The summed E-state index contributed by atoms with van der Waals surface area (Å²) in [6.45, 7) is 11.1. The van der Waals surface area contributed by atoms with Crippen LogP contribution in [-0.2, 0) is 0 Å². The maximum Gasteiger partial charge on any atom is 0.189 e. The van der Waals surface area contributed by atoms with E-state index in [0.29, 0.717) is 11.7 Å². The topological polar surface area (TPSA) is 35.1 Å². The van der Waals surface area contributed by atoms with Gasteiger partial charge < -0.3 is 0 Å². The van der Waals surface area contributed by atoms with Crippen LogP contribution in [0, 0.1) is 6.57 Å². The van der Waals surface area contributed by atoms with Gasteiger partial charge in [-0.25, -0.2) is 9.53 Å². The largest absolute Gasteiger partial charge is 0.242 e. The van der Waals surface area contributed by atoms with Crippen molar-refractivity contribution in [2.75, 3.05) is 0 Å². The molecule has 0 aliphatic heterocycles. The van der Waals surface area contributed by atoms with Crippen LogP contribution in [0.15, 0.2) is 18.2 Å². The van der Waals surface area contributed by atoms with E-state index in [1.54, 1.807) is 12.1 Å². The van der Waals surface area contributed by atoms with Crippen molar-refractivity contribution < 1.29 is 0 Å². The van der Waals surface area contributed by atoms with Crippen molar-refractivity contribution in [3.63, 3.8) is 0 Å². The molecule has 0 N–H and O–H groups in total. The molecule has 0 bridgehead atoms. The summed E-state index contributed by atoms with van der Waals surface area (Å²) >= 11 is 0. The summed E-state index contributed by atoms with van der Waals surface area (Å²) in [5.41, 5.74) is 2.40. The predicted molar refractivity (Wildman–Crippen MR) is 58.8 cm³/mol. The van der Waals surface area contributed by atoms with E-state index < -0.39 is 0 Å². The van der Waals surface area contributed by atoms with Crippen LogP contribution < -0.4 is 0 Å². The number of rotatable bonds is 2. The summed E-state index contributed by atoms with van der Waals surface area (Å²) < 4.78 is 1.91. The Hall–Kier alpha value is -1.89. The Balaban J connectivity index is 2.58. The number of hydrogen-bond acceptors (Lipinski definition) is 2. The lowest BCUT2D eigenvalue weighted by atomic mass is 10.2. The maximum absolute atomic E-state index is 6.92. The number of aromatic nitrogens is 3. The van der Waals surface area contributed by atoms with Gasteiger partial charge in [-0.3, -0.25) is 0 Å². The molecule has 4 heteroatoms. The number of fused-ring (bicyclic) bond motifs is 1. The van der Waals surface area contributed by atoms with E-state index >= 15 is 0 Å². The highest BCUT2D eigenvalue weighted by molar-refractivity contribution is 5.78. The van der Waals surface area contributed by atoms with Crippen molar-refractivity contribution in [2.45, 2.75) is 26.3 Å². The molecule has 0 radical (unpaired) electrons. The monoisotopic (exact) mass is 200 g/mol. The van der Waals surface area contributed by atoms with Gasteiger partial charge in [-0.15, -0.1) is 5.10 Å². The Bertz CT molecular complexity index is 521. The number of hydrogen-bond donors (Lipinski definition) is 0. The molecule has 2 rings (SSSR count). The van der Waals surface area contributed by atoms with Crippen LogP contribution in [0.2, 0.25) is 0 Å². The van der Waals surface area contributed by atoms with Crippen LogP contribution in [0.1, 0.15) is 26.3 Å². The molecule has 0 amide bonds. The van der Waals surface area contributed by atoms with Gasteiger partial charge in [-0.05, 0) is 25.5 Å². The summed E-state index contributed by atoms with van der Waals surface area (Å²) in [6, 6.07) is 5.83. The van der Waals surface area contributed by atoms with E-state index in [-0.39, 0.29) is 0 Å². The molecule has 0 spiro atoms. The molecule has 0 saturated carbocycles. The van der Waals surface area contributed by atoms with Gasteiger partial charge in [-0.2, -0.15) is 0 Å². The second kappa shape index (κ2) is 3.70. The van der Waals surface area contributed by atoms with Crippen molar-refractivity contribution in [3.8, 4) is 0 Å². The van der Waals surface area contributed by atoms with E-state index in [1.165, 1.54) is 0 Å². The molecular formula is C11H12N4. The average Bonchev–Trinajstić information content (AvgIpc) is 2.70. The zero-order valence-electron chi connectivity index (χ0n) is 8.81. The standard InChI is InChI=1S/C11H12N4/c1-4-8(2)15-11-6-5-9(12-3)7-10(11)13-14-15/h5-8H,4H2,1-2H3. The van der Waals surface area contributed by atoms with Gasteiger partial charge in [0.15, 0.2) is 5.69 Å². The SMILES string of the molecule is [C-]#[N+]c1ccc2c(c1)nnn2C(C)CC. The molecule has 4 nitrogen and oxygen atoms in total. The number of nitrogens with zero attached hydrogens (tertiary/aromatic N) is 4. The molecule has 1 aromatic heterocycles. The molecule has 15 heavy (non-hydrogen) atoms. The third-order valence-electron chi connectivity index (χ3n) is 2.59. The van der Waals surface area contributed by atoms with Gasteiger partial charge in [-0.1, -0.05) is 18.2 Å². The Kier molecular flexibility index (Phi) is 2.38. The van der Waals surface area contributed by atoms with E-state index in [0.717, 1.165) is 17.5 Å². The van der Waals surface area contributed by atoms with E-state index in [1.807, 2.05) is 10.7 Å². The van der Waals surface area contributed by atoms with Crippen LogP contribution in [0.3, 0.4) is 0 Å². The minimum absolute atomic E-state index is 0.341. The highest BCUT2D eigenvalue weighted by atomic mass is 15.4. The van der Waals surface area contributed by atoms with Crippen molar-refractivity contribution in [2.24, 2.45) is 0 Å². The quantitative estimate of drug-likeness (QED) is 0.698. The van der Waals surface area contributed by atoms with Crippen molar-refractivity contribution in [3.05, 3.63) is 29.6 Å². The Morgan fingerprint density at radius 3 is 3.00 bits per heavy atom. The van der Waals surface area contributed by atoms with Crippen molar-refractivity contribution >= 4 is 16.7 Å². The summed E-state index contributed by atoms with van der Waals surface area (Å²) in [4.78, 5) is 3.37. The first-order valence-electron chi connectivity index (χ1n) is 4.98. The van der Waals surface area contributed by atoms with Gasteiger partial charge in [0.25, 0.3) is 0 Å². The fourth-order valence-electron chi connectivity index (χ4n) is 1.50. The lowest BCUT2D eigenvalue weighted by Gasteiger charge is -2.08. The molecule has 1 aromatic carbocycles. The minimum atomic E-state index is 0.341. The van der Waals surface area contributed by atoms with Gasteiger partial charge in [0, 0.05) is 0 Å². The number of benzene rings is 1. The van der Waals surface area contributed by atoms with Gasteiger partial charge >= 0.3 is 0 Å². The van der Waals surface area contributed by atoms with Crippen molar-refractivity contribution in [1.82, 2.24) is 15.0 Å². The third kappa shape index (κ3) is 1.57. The van der Waals surface area contributed by atoms with Crippen LogP contribution in [0.4, 0.5) is 5.69 Å². The van der Waals surface area contributed by atoms with Gasteiger partial charge in [0.1, 0.15) is 5.52 Å². The molecule has 0 aliphatic rings. The minimum Gasteiger partial charge on any atom is -0.242 e. The lowest BCUT2D eigenvalue weighted by Crippen LogP contribution is -2.05. The Morgan fingerprint density at radius 2 is 2.33 bits per heavy atom. The first-order valence-corrected chi connectivity index (χ1v) is 4.98. The van der Waals surface area contributed by atoms with E-state index in [9.17, 15) is 0 Å². The summed E-state index contributed by atoms with van der Waals surface area (Å²) in [6.07, 6.45) is 1.02. The van der Waals surface area contributed by atoms with E-state index in [2.05, 4.69) is 29.0 Å². The van der Waals surface area contributed by atoms with Crippen LogP contribution >= 0.6 is 0 Å². The van der Waals surface area contributed by atoms with Gasteiger partial charge in [0.05, 0.1) is 18.1 Å².